The molecule has 20 heavy (non-hydrogen) atoms. The van der Waals surface area contributed by atoms with E-state index in [1.165, 1.54) is 5.56 Å². The van der Waals surface area contributed by atoms with Gasteiger partial charge in [0.05, 0.1) is 0 Å². The number of nitrogens with zero attached hydrogens (tertiary/aromatic N) is 2. The summed E-state index contributed by atoms with van der Waals surface area (Å²) in [5.74, 6) is 1.10. The molecule has 0 unspecified atom stereocenters. The summed E-state index contributed by atoms with van der Waals surface area (Å²) in [6, 6.07) is 13.7. The quantitative estimate of drug-likeness (QED) is 0.719. The molecule has 0 aliphatic carbocycles. The molecule has 0 saturated carbocycles. The Morgan fingerprint density at radius 3 is 2.35 bits per heavy atom. The third-order valence-electron chi connectivity index (χ3n) is 3.25. The average molecular weight is 265 g/mol. The van der Waals surface area contributed by atoms with E-state index in [2.05, 4.69) is 10.1 Å². The summed E-state index contributed by atoms with van der Waals surface area (Å²) in [5, 5.41) is 4.03. The van der Waals surface area contributed by atoms with Crippen LogP contribution in [0.25, 0.3) is 22.8 Å². The van der Waals surface area contributed by atoms with Crippen molar-refractivity contribution in [1.82, 2.24) is 10.1 Å². The zero-order valence-electron chi connectivity index (χ0n) is 11.4. The van der Waals surface area contributed by atoms with Crippen LogP contribution < -0.4 is 5.73 Å². The second kappa shape index (κ2) is 4.81. The van der Waals surface area contributed by atoms with Gasteiger partial charge in [-0.05, 0) is 37.6 Å². The summed E-state index contributed by atoms with van der Waals surface area (Å²) in [6.07, 6.45) is 0. The minimum Gasteiger partial charge on any atom is -0.399 e. The molecule has 4 nitrogen and oxygen atoms in total. The van der Waals surface area contributed by atoms with Gasteiger partial charge in [0.15, 0.2) is 0 Å². The first-order valence-electron chi connectivity index (χ1n) is 6.41. The highest BCUT2D eigenvalue weighted by Gasteiger charge is 2.11. The third kappa shape index (κ3) is 2.28. The highest BCUT2D eigenvalue weighted by atomic mass is 16.5. The molecule has 3 aromatic rings. The first kappa shape index (κ1) is 12.4. The molecule has 0 atom stereocenters. The zero-order chi connectivity index (χ0) is 14.1. The fraction of sp³-hybridized carbons (Fsp3) is 0.125. The SMILES string of the molecule is Cc1ccc(-c2noc(-c3ccc(N)c(C)c3)n2)cc1. The van der Waals surface area contributed by atoms with Crippen molar-refractivity contribution in [3.63, 3.8) is 0 Å². The Balaban J connectivity index is 1.97. The monoisotopic (exact) mass is 265 g/mol. The largest absolute Gasteiger partial charge is 0.399 e. The van der Waals surface area contributed by atoms with Gasteiger partial charge >= 0.3 is 0 Å². The summed E-state index contributed by atoms with van der Waals surface area (Å²) in [7, 11) is 0. The van der Waals surface area contributed by atoms with Crippen LogP contribution in [0.1, 0.15) is 11.1 Å². The van der Waals surface area contributed by atoms with E-state index in [9.17, 15) is 0 Å². The predicted octanol–water partition coefficient (Wildman–Crippen LogP) is 3.60. The molecule has 2 aromatic carbocycles. The molecule has 0 spiro atoms. The molecule has 2 N–H and O–H groups in total. The Morgan fingerprint density at radius 1 is 0.950 bits per heavy atom. The molecule has 0 amide bonds. The van der Waals surface area contributed by atoms with Gasteiger partial charge in [-0.25, -0.2) is 0 Å². The normalized spacial score (nSPS) is 10.7. The Labute approximate surface area is 117 Å². The second-order valence-corrected chi connectivity index (χ2v) is 4.86. The third-order valence-corrected chi connectivity index (χ3v) is 3.25. The lowest BCUT2D eigenvalue weighted by Gasteiger charge is -2.00. The van der Waals surface area contributed by atoms with Crippen molar-refractivity contribution in [2.45, 2.75) is 13.8 Å². The highest BCUT2D eigenvalue weighted by molar-refractivity contribution is 5.63. The Kier molecular flexibility index (Phi) is 2.99. The van der Waals surface area contributed by atoms with Crippen molar-refractivity contribution in [3.8, 4) is 22.8 Å². The maximum atomic E-state index is 5.81. The number of hydrogen-bond donors (Lipinski definition) is 1. The second-order valence-electron chi connectivity index (χ2n) is 4.86. The van der Waals surface area contributed by atoms with Gasteiger partial charge < -0.3 is 10.3 Å². The first-order valence-corrected chi connectivity index (χ1v) is 6.41. The van der Waals surface area contributed by atoms with E-state index in [1.807, 2.05) is 56.3 Å². The molecule has 0 radical (unpaired) electrons. The molecule has 4 heteroatoms. The maximum Gasteiger partial charge on any atom is 0.258 e. The lowest BCUT2D eigenvalue weighted by atomic mass is 10.1. The number of benzene rings is 2. The summed E-state index contributed by atoms with van der Waals surface area (Å²) < 4.78 is 5.33. The van der Waals surface area contributed by atoms with E-state index in [0.717, 1.165) is 22.4 Å². The van der Waals surface area contributed by atoms with Crippen LogP contribution in [-0.2, 0) is 0 Å². The van der Waals surface area contributed by atoms with Crippen molar-refractivity contribution in [2.75, 3.05) is 5.73 Å². The van der Waals surface area contributed by atoms with E-state index in [0.29, 0.717) is 11.7 Å². The van der Waals surface area contributed by atoms with Crippen LogP contribution in [0.2, 0.25) is 0 Å². The Morgan fingerprint density at radius 2 is 1.65 bits per heavy atom. The average Bonchev–Trinajstić information content (AvgIpc) is 2.92. The Hall–Kier alpha value is -2.62. The minimum atomic E-state index is 0.503. The molecule has 3 rings (SSSR count). The van der Waals surface area contributed by atoms with Crippen molar-refractivity contribution in [1.29, 1.82) is 0 Å². The number of aryl methyl sites for hydroxylation is 2. The van der Waals surface area contributed by atoms with Gasteiger partial charge in [0.2, 0.25) is 5.82 Å². The molecule has 1 heterocycles. The molecular weight excluding hydrogens is 250 g/mol. The van der Waals surface area contributed by atoms with E-state index in [4.69, 9.17) is 10.3 Å². The fourth-order valence-corrected chi connectivity index (χ4v) is 1.97. The molecule has 0 fully saturated rings. The van der Waals surface area contributed by atoms with Crippen molar-refractivity contribution < 1.29 is 4.52 Å². The van der Waals surface area contributed by atoms with Gasteiger partial charge in [-0.1, -0.05) is 35.0 Å². The number of hydrogen-bond acceptors (Lipinski definition) is 4. The van der Waals surface area contributed by atoms with Crippen molar-refractivity contribution >= 4 is 5.69 Å². The van der Waals surface area contributed by atoms with Crippen LogP contribution in [0.15, 0.2) is 47.0 Å². The summed E-state index contributed by atoms with van der Waals surface area (Å²) in [4.78, 5) is 4.43. The molecule has 0 aliphatic heterocycles. The van der Waals surface area contributed by atoms with E-state index in [1.54, 1.807) is 0 Å². The first-order chi connectivity index (χ1) is 9.63. The Bertz CT molecular complexity index is 745. The molecule has 100 valence electrons. The minimum absolute atomic E-state index is 0.503. The van der Waals surface area contributed by atoms with Crippen LogP contribution in [0, 0.1) is 13.8 Å². The van der Waals surface area contributed by atoms with Gasteiger partial charge in [-0.3, -0.25) is 0 Å². The highest BCUT2D eigenvalue weighted by Crippen LogP contribution is 2.24. The summed E-state index contributed by atoms with van der Waals surface area (Å²) in [6.45, 7) is 4.00. The summed E-state index contributed by atoms with van der Waals surface area (Å²) >= 11 is 0. The van der Waals surface area contributed by atoms with Crippen LogP contribution in [0.3, 0.4) is 0 Å². The standard InChI is InChI=1S/C16H15N3O/c1-10-3-5-12(6-4-10)15-18-16(20-19-15)13-7-8-14(17)11(2)9-13/h3-9H,17H2,1-2H3. The van der Waals surface area contributed by atoms with Gasteiger partial charge in [-0.15, -0.1) is 0 Å². The van der Waals surface area contributed by atoms with Gasteiger partial charge in [0.25, 0.3) is 5.89 Å². The number of rotatable bonds is 2. The van der Waals surface area contributed by atoms with Gasteiger partial charge in [-0.2, -0.15) is 4.98 Å². The lowest BCUT2D eigenvalue weighted by Crippen LogP contribution is -1.89. The molecular formula is C16H15N3O. The number of nitrogen functional groups attached to an aromatic ring is 1. The van der Waals surface area contributed by atoms with Crippen LogP contribution in [0.5, 0.6) is 0 Å². The number of anilines is 1. The van der Waals surface area contributed by atoms with Gasteiger partial charge in [0.1, 0.15) is 0 Å². The number of aromatic nitrogens is 2. The van der Waals surface area contributed by atoms with E-state index < -0.39 is 0 Å². The van der Waals surface area contributed by atoms with Crippen molar-refractivity contribution in [3.05, 3.63) is 53.6 Å². The molecule has 0 bridgehead atoms. The fourth-order valence-electron chi connectivity index (χ4n) is 1.97. The molecule has 0 aliphatic rings. The lowest BCUT2D eigenvalue weighted by molar-refractivity contribution is 0.432. The summed E-state index contributed by atoms with van der Waals surface area (Å²) in [5.41, 5.74) is 10.6. The van der Waals surface area contributed by atoms with E-state index >= 15 is 0 Å². The predicted molar refractivity (Wildman–Crippen MR) is 79.1 cm³/mol. The van der Waals surface area contributed by atoms with Gasteiger partial charge in [0, 0.05) is 16.8 Å². The topological polar surface area (TPSA) is 64.9 Å². The van der Waals surface area contributed by atoms with Crippen molar-refractivity contribution in [2.24, 2.45) is 0 Å². The van der Waals surface area contributed by atoms with E-state index in [-0.39, 0.29) is 0 Å². The maximum absolute atomic E-state index is 5.81. The molecule has 1 aromatic heterocycles. The smallest absolute Gasteiger partial charge is 0.258 e. The van der Waals surface area contributed by atoms with Crippen LogP contribution in [-0.4, -0.2) is 10.1 Å². The van der Waals surface area contributed by atoms with Crippen LogP contribution in [0.4, 0.5) is 5.69 Å². The molecule has 0 saturated heterocycles. The zero-order valence-corrected chi connectivity index (χ0v) is 11.4. The van der Waals surface area contributed by atoms with Crippen LogP contribution >= 0.6 is 0 Å². The number of nitrogens with two attached hydrogens (primary N) is 1.